The highest BCUT2D eigenvalue weighted by molar-refractivity contribution is 5.94. The predicted octanol–water partition coefficient (Wildman–Crippen LogP) is 3.79. The van der Waals surface area contributed by atoms with E-state index in [-0.39, 0.29) is 24.3 Å². The highest BCUT2D eigenvalue weighted by Gasteiger charge is 2.21. The molecule has 2 aromatic carbocycles. The number of hydrogen-bond donors (Lipinski definition) is 2. The molecule has 3 amide bonds. The third kappa shape index (κ3) is 3.81. The Kier molecular flexibility index (Phi) is 5.21. The van der Waals surface area contributed by atoms with Gasteiger partial charge in [0.25, 0.3) is 0 Å². The molecule has 7 heteroatoms. The number of benzene rings is 2. The molecule has 0 saturated heterocycles. The Morgan fingerprint density at radius 3 is 2.52 bits per heavy atom. The van der Waals surface area contributed by atoms with Gasteiger partial charge in [-0.3, -0.25) is 9.69 Å². The zero-order valence-corrected chi connectivity index (χ0v) is 14.8. The second kappa shape index (κ2) is 7.57. The molecule has 0 bridgehead atoms. The number of hydrogen-bond acceptors (Lipinski definition) is 2. The number of aromatic amines is 1. The molecule has 0 radical (unpaired) electrons. The number of carbonyl (C=O) groups is 2. The summed E-state index contributed by atoms with van der Waals surface area (Å²) >= 11 is 0. The van der Waals surface area contributed by atoms with Crippen LogP contribution in [0.15, 0.2) is 42.6 Å². The van der Waals surface area contributed by atoms with E-state index in [0.717, 1.165) is 15.8 Å². The Morgan fingerprint density at radius 2 is 1.81 bits per heavy atom. The van der Waals surface area contributed by atoms with Crippen molar-refractivity contribution in [3.05, 3.63) is 70.9 Å². The number of rotatable bonds is 5. The number of nitrogens with one attached hydrogen (secondary N) is 1. The van der Waals surface area contributed by atoms with Crippen LogP contribution >= 0.6 is 0 Å². The van der Waals surface area contributed by atoms with Crippen molar-refractivity contribution in [1.82, 2.24) is 9.88 Å². The van der Waals surface area contributed by atoms with Gasteiger partial charge in [0.2, 0.25) is 5.91 Å². The third-order valence-corrected chi connectivity index (χ3v) is 4.60. The average Bonchev–Trinajstić information content (AvgIpc) is 3.05. The molecule has 0 saturated carbocycles. The highest BCUT2D eigenvalue weighted by Crippen LogP contribution is 2.24. The van der Waals surface area contributed by atoms with Gasteiger partial charge in [-0.25, -0.2) is 13.6 Å². The summed E-state index contributed by atoms with van der Waals surface area (Å²) in [6.07, 6.45) is 2.07. The first-order chi connectivity index (χ1) is 12.9. The van der Waals surface area contributed by atoms with E-state index >= 15 is 0 Å². The minimum absolute atomic E-state index is 0.0147. The lowest BCUT2D eigenvalue weighted by Crippen LogP contribution is -2.40. The van der Waals surface area contributed by atoms with Crippen molar-refractivity contribution in [3.8, 4) is 0 Å². The van der Waals surface area contributed by atoms with Crippen LogP contribution in [0.2, 0.25) is 0 Å². The van der Waals surface area contributed by atoms with Crippen LogP contribution in [0.3, 0.4) is 0 Å². The minimum atomic E-state index is -0.930. The second-order valence-electron chi connectivity index (χ2n) is 6.32. The monoisotopic (exact) mass is 371 g/mol. The average molecular weight is 371 g/mol. The molecule has 0 aliphatic carbocycles. The molecule has 0 aliphatic rings. The molecular weight excluding hydrogens is 352 g/mol. The number of primary amides is 1. The molecule has 140 valence electrons. The summed E-state index contributed by atoms with van der Waals surface area (Å²) in [5.74, 6) is -1.32. The number of H-pyrrole nitrogens is 1. The molecule has 3 N–H and O–H groups in total. The zero-order chi connectivity index (χ0) is 19.6. The van der Waals surface area contributed by atoms with Gasteiger partial charge in [0, 0.05) is 29.1 Å². The van der Waals surface area contributed by atoms with Crippen molar-refractivity contribution in [3.63, 3.8) is 0 Å². The number of amides is 3. The standard InChI is InChI=1S/C20H19F2N3O2/c1-12-16(21)8-7-15-13(10-24-19(12)15)6-9-18(26)25(20(23)27)11-14-4-2-3-5-17(14)22/h2-5,7-8,10,24H,6,9,11H2,1H3,(H2,23,27). The van der Waals surface area contributed by atoms with E-state index < -0.39 is 17.8 Å². The number of halogens is 2. The molecule has 0 atom stereocenters. The first-order valence-electron chi connectivity index (χ1n) is 8.46. The number of aromatic nitrogens is 1. The van der Waals surface area contributed by atoms with Crippen LogP contribution in [0.4, 0.5) is 13.6 Å². The molecule has 0 spiro atoms. The van der Waals surface area contributed by atoms with Crippen LogP contribution in [0.25, 0.3) is 10.9 Å². The van der Waals surface area contributed by atoms with E-state index in [9.17, 15) is 18.4 Å². The van der Waals surface area contributed by atoms with Gasteiger partial charge in [0.1, 0.15) is 11.6 Å². The minimum Gasteiger partial charge on any atom is -0.361 e. The molecule has 1 heterocycles. The first kappa shape index (κ1) is 18.6. The molecule has 5 nitrogen and oxygen atoms in total. The van der Waals surface area contributed by atoms with Crippen LogP contribution < -0.4 is 5.73 Å². The number of nitrogens with zero attached hydrogens (tertiary/aromatic N) is 1. The van der Waals surface area contributed by atoms with Crippen LogP contribution in [0.5, 0.6) is 0 Å². The molecule has 0 unspecified atom stereocenters. The Morgan fingerprint density at radius 1 is 1.07 bits per heavy atom. The largest absolute Gasteiger partial charge is 0.361 e. The van der Waals surface area contributed by atoms with Crippen molar-refractivity contribution >= 4 is 22.8 Å². The smallest absolute Gasteiger partial charge is 0.321 e. The van der Waals surface area contributed by atoms with Crippen molar-refractivity contribution in [2.24, 2.45) is 5.73 Å². The fourth-order valence-electron chi connectivity index (χ4n) is 3.05. The molecule has 3 rings (SSSR count). The van der Waals surface area contributed by atoms with Gasteiger partial charge in [-0.1, -0.05) is 18.2 Å². The molecule has 0 fully saturated rings. The fourth-order valence-corrected chi connectivity index (χ4v) is 3.05. The lowest BCUT2D eigenvalue weighted by molar-refractivity contribution is -0.128. The Labute approximate surface area is 154 Å². The molecule has 1 aromatic heterocycles. The van der Waals surface area contributed by atoms with Crippen LogP contribution in [-0.2, 0) is 17.8 Å². The van der Waals surface area contributed by atoms with Crippen LogP contribution in [0.1, 0.15) is 23.1 Å². The maximum atomic E-state index is 13.8. The molecule has 27 heavy (non-hydrogen) atoms. The van der Waals surface area contributed by atoms with E-state index in [1.165, 1.54) is 24.3 Å². The van der Waals surface area contributed by atoms with Crippen LogP contribution in [0, 0.1) is 18.6 Å². The number of urea groups is 1. The Balaban J connectivity index is 1.74. The first-order valence-corrected chi connectivity index (χ1v) is 8.46. The number of imide groups is 1. The van der Waals surface area contributed by atoms with Gasteiger partial charge >= 0.3 is 6.03 Å². The van der Waals surface area contributed by atoms with E-state index in [4.69, 9.17) is 5.73 Å². The summed E-state index contributed by atoms with van der Waals surface area (Å²) in [6, 6.07) is 8.00. The Hall–Kier alpha value is -3.22. The summed E-state index contributed by atoms with van der Waals surface area (Å²) in [7, 11) is 0. The fraction of sp³-hybridized carbons (Fsp3) is 0.200. The van der Waals surface area contributed by atoms with Gasteiger partial charge in [0.05, 0.1) is 12.1 Å². The zero-order valence-electron chi connectivity index (χ0n) is 14.8. The number of aryl methyl sites for hydroxylation is 2. The SMILES string of the molecule is Cc1c(F)ccc2c(CCC(=O)N(Cc3ccccc3F)C(N)=O)c[nH]c12. The summed E-state index contributed by atoms with van der Waals surface area (Å²) in [5.41, 5.74) is 7.53. The Bertz CT molecular complexity index is 1010. The second-order valence-corrected chi connectivity index (χ2v) is 6.32. The summed E-state index contributed by atoms with van der Waals surface area (Å²) in [4.78, 5) is 28.0. The van der Waals surface area contributed by atoms with Gasteiger partial charge in [-0.2, -0.15) is 0 Å². The van der Waals surface area contributed by atoms with E-state index in [2.05, 4.69) is 4.98 Å². The lowest BCUT2D eigenvalue weighted by Gasteiger charge is -2.19. The molecular formula is C20H19F2N3O2. The summed E-state index contributed by atoms with van der Waals surface area (Å²) in [6.45, 7) is 1.45. The normalized spacial score (nSPS) is 10.9. The summed E-state index contributed by atoms with van der Waals surface area (Å²) in [5, 5.41) is 0.821. The van der Waals surface area contributed by atoms with Gasteiger partial charge in [-0.05, 0) is 37.1 Å². The highest BCUT2D eigenvalue weighted by atomic mass is 19.1. The van der Waals surface area contributed by atoms with Crippen molar-refractivity contribution in [1.29, 1.82) is 0 Å². The van der Waals surface area contributed by atoms with Crippen molar-refractivity contribution in [2.75, 3.05) is 0 Å². The van der Waals surface area contributed by atoms with Crippen LogP contribution in [-0.4, -0.2) is 21.8 Å². The number of carbonyl (C=O) groups excluding carboxylic acids is 2. The van der Waals surface area contributed by atoms with Crippen molar-refractivity contribution < 1.29 is 18.4 Å². The maximum absolute atomic E-state index is 13.8. The van der Waals surface area contributed by atoms with Gasteiger partial charge in [-0.15, -0.1) is 0 Å². The lowest BCUT2D eigenvalue weighted by atomic mass is 10.1. The van der Waals surface area contributed by atoms with E-state index in [1.54, 1.807) is 25.3 Å². The van der Waals surface area contributed by atoms with E-state index in [1.807, 2.05) is 0 Å². The quantitative estimate of drug-likeness (QED) is 0.716. The predicted molar refractivity (Wildman–Crippen MR) is 97.8 cm³/mol. The van der Waals surface area contributed by atoms with Gasteiger partial charge < -0.3 is 10.7 Å². The number of nitrogens with two attached hydrogens (primary N) is 1. The molecule has 3 aromatic rings. The van der Waals surface area contributed by atoms with E-state index in [0.29, 0.717) is 17.5 Å². The third-order valence-electron chi connectivity index (χ3n) is 4.60. The maximum Gasteiger partial charge on any atom is 0.321 e. The van der Waals surface area contributed by atoms with Gasteiger partial charge in [0.15, 0.2) is 0 Å². The summed E-state index contributed by atoms with van der Waals surface area (Å²) < 4.78 is 27.4. The number of fused-ring (bicyclic) bond motifs is 1. The topological polar surface area (TPSA) is 79.2 Å². The van der Waals surface area contributed by atoms with Crippen molar-refractivity contribution in [2.45, 2.75) is 26.3 Å². The molecule has 0 aliphatic heterocycles.